The Morgan fingerprint density at radius 1 is 1.39 bits per heavy atom. The number of hydrogen-bond donors (Lipinski definition) is 2. The van der Waals surface area contributed by atoms with Crippen molar-refractivity contribution in [2.75, 3.05) is 0 Å². The summed E-state index contributed by atoms with van der Waals surface area (Å²) in [5.74, 6) is -0.641. The van der Waals surface area contributed by atoms with Gasteiger partial charge in [0.05, 0.1) is 12.2 Å². The van der Waals surface area contributed by atoms with Crippen LogP contribution < -0.4 is 5.32 Å². The van der Waals surface area contributed by atoms with Crippen LogP contribution in [0.15, 0.2) is 12.5 Å². The van der Waals surface area contributed by atoms with Crippen LogP contribution in [-0.2, 0) is 4.74 Å². The van der Waals surface area contributed by atoms with Gasteiger partial charge in [-0.15, -0.1) is 0 Å². The second-order valence-electron chi connectivity index (χ2n) is 5.71. The lowest BCUT2D eigenvalue weighted by atomic mass is 10.2. The Bertz CT molecular complexity index is 718. The van der Waals surface area contributed by atoms with Gasteiger partial charge in [-0.2, -0.15) is 9.78 Å². The Morgan fingerprint density at radius 2 is 2.09 bits per heavy atom. The lowest BCUT2D eigenvalue weighted by Crippen LogP contribution is -2.34. The van der Waals surface area contributed by atoms with E-state index in [-0.39, 0.29) is 4.88 Å². The molecular weight excluding hydrogens is 322 g/mol. The van der Waals surface area contributed by atoms with Gasteiger partial charge in [-0.3, -0.25) is 0 Å². The van der Waals surface area contributed by atoms with Crippen LogP contribution in [-0.4, -0.2) is 42.5 Å². The average Bonchev–Trinajstić information content (AvgIpc) is 3.05. The summed E-state index contributed by atoms with van der Waals surface area (Å²) in [4.78, 5) is 31.0. The fourth-order valence-electron chi connectivity index (χ4n) is 1.70. The van der Waals surface area contributed by atoms with Gasteiger partial charge in [0.25, 0.3) is 0 Å². The summed E-state index contributed by atoms with van der Waals surface area (Å²) < 4.78 is 6.58. The standard InChI is InChI=1S/C13H17N5O4S/c1-7(17-12(21)22-13(2,3)4)9-15-6-16-18(9)11-14-5-8(23-11)10(19)20/h5-7H,1-4H3,(H,17,21)(H,19,20)/t7-/m0/s1. The number of alkyl carbamates (subject to hydrolysis) is 1. The van der Waals surface area contributed by atoms with Crippen LogP contribution in [0, 0.1) is 0 Å². The maximum absolute atomic E-state index is 11.8. The van der Waals surface area contributed by atoms with Gasteiger partial charge in [-0.1, -0.05) is 11.3 Å². The molecule has 0 saturated carbocycles. The zero-order valence-electron chi connectivity index (χ0n) is 13.1. The molecule has 2 rings (SSSR count). The number of thiazole rings is 1. The van der Waals surface area contributed by atoms with Crippen molar-refractivity contribution in [2.45, 2.75) is 39.3 Å². The summed E-state index contributed by atoms with van der Waals surface area (Å²) in [5.41, 5.74) is -0.608. The van der Waals surface area contributed by atoms with Gasteiger partial charge in [0, 0.05) is 0 Å². The Kier molecular flexibility index (Phi) is 4.64. The van der Waals surface area contributed by atoms with Crippen molar-refractivity contribution < 1.29 is 19.4 Å². The first kappa shape index (κ1) is 16.9. The van der Waals surface area contributed by atoms with Crippen molar-refractivity contribution in [3.8, 4) is 5.13 Å². The normalized spacial score (nSPS) is 12.7. The smallest absolute Gasteiger partial charge is 0.408 e. The average molecular weight is 339 g/mol. The van der Waals surface area contributed by atoms with Crippen molar-refractivity contribution in [1.29, 1.82) is 0 Å². The van der Waals surface area contributed by atoms with Gasteiger partial charge in [-0.05, 0) is 27.7 Å². The van der Waals surface area contributed by atoms with Crippen molar-refractivity contribution in [3.63, 3.8) is 0 Å². The summed E-state index contributed by atoms with van der Waals surface area (Å²) >= 11 is 0.965. The molecule has 124 valence electrons. The number of carbonyl (C=O) groups is 2. The number of carboxylic acids is 1. The molecule has 0 spiro atoms. The van der Waals surface area contributed by atoms with E-state index < -0.39 is 23.7 Å². The Balaban J connectivity index is 2.16. The van der Waals surface area contributed by atoms with Crippen LogP contribution >= 0.6 is 11.3 Å². The number of nitrogens with zero attached hydrogens (tertiary/aromatic N) is 4. The number of carbonyl (C=O) groups excluding carboxylic acids is 1. The molecule has 2 heterocycles. The fourth-order valence-corrected chi connectivity index (χ4v) is 2.43. The van der Waals surface area contributed by atoms with E-state index in [0.29, 0.717) is 11.0 Å². The van der Waals surface area contributed by atoms with Crippen molar-refractivity contribution >= 4 is 23.4 Å². The first-order chi connectivity index (χ1) is 10.7. The van der Waals surface area contributed by atoms with Gasteiger partial charge in [0.2, 0.25) is 5.13 Å². The summed E-state index contributed by atoms with van der Waals surface area (Å²) in [6.45, 7) is 7.02. The van der Waals surface area contributed by atoms with Crippen molar-refractivity contribution in [3.05, 3.63) is 23.2 Å². The van der Waals surface area contributed by atoms with E-state index in [1.807, 2.05) is 0 Å². The van der Waals surface area contributed by atoms with E-state index in [0.717, 1.165) is 11.3 Å². The van der Waals surface area contributed by atoms with Crippen molar-refractivity contribution in [2.24, 2.45) is 0 Å². The monoisotopic (exact) mass is 339 g/mol. The second kappa shape index (κ2) is 6.32. The molecule has 2 N–H and O–H groups in total. The third-order valence-electron chi connectivity index (χ3n) is 2.58. The largest absolute Gasteiger partial charge is 0.477 e. The number of rotatable bonds is 4. The molecule has 1 amide bonds. The molecule has 0 aliphatic carbocycles. The summed E-state index contributed by atoms with van der Waals surface area (Å²) in [6.07, 6.45) is 1.98. The maximum Gasteiger partial charge on any atom is 0.408 e. The summed E-state index contributed by atoms with van der Waals surface area (Å²) in [6, 6.07) is -0.496. The van der Waals surface area contributed by atoms with Crippen LogP contribution in [0.4, 0.5) is 4.79 Å². The number of nitrogens with one attached hydrogen (secondary N) is 1. The lowest BCUT2D eigenvalue weighted by Gasteiger charge is -2.21. The number of hydrogen-bond acceptors (Lipinski definition) is 7. The van der Waals surface area contributed by atoms with Crippen LogP contribution in [0.3, 0.4) is 0 Å². The summed E-state index contributed by atoms with van der Waals surface area (Å²) in [5, 5.41) is 16.0. The minimum absolute atomic E-state index is 0.0919. The third kappa shape index (κ3) is 4.25. The van der Waals surface area contributed by atoms with Gasteiger partial charge in [-0.25, -0.2) is 19.6 Å². The molecule has 9 nitrogen and oxygen atoms in total. The van der Waals surface area contributed by atoms with Crippen LogP contribution in [0.5, 0.6) is 0 Å². The minimum Gasteiger partial charge on any atom is -0.477 e. The van der Waals surface area contributed by atoms with Gasteiger partial charge >= 0.3 is 12.1 Å². The highest BCUT2D eigenvalue weighted by Gasteiger charge is 2.22. The molecule has 2 aromatic heterocycles. The van der Waals surface area contributed by atoms with Gasteiger partial charge < -0.3 is 15.2 Å². The Morgan fingerprint density at radius 3 is 2.65 bits per heavy atom. The topological polar surface area (TPSA) is 119 Å². The highest BCUT2D eigenvalue weighted by atomic mass is 32.1. The lowest BCUT2D eigenvalue weighted by molar-refractivity contribution is 0.0504. The predicted octanol–water partition coefficient (Wildman–Crippen LogP) is 2.01. The fraction of sp³-hybridized carbons (Fsp3) is 0.462. The van der Waals surface area contributed by atoms with Crippen molar-refractivity contribution in [1.82, 2.24) is 25.1 Å². The Labute approximate surface area is 136 Å². The van der Waals surface area contributed by atoms with E-state index in [9.17, 15) is 9.59 Å². The zero-order chi connectivity index (χ0) is 17.2. The van der Waals surface area contributed by atoms with E-state index in [1.54, 1.807) is 27.7 Å². The van der Waals surface area contributed by atoms with Gasteiger partial charge in [0.1, 0.15) is 16.8 Å². The molecule has 0 aromatic carbocycles. The van der Waals surface area contributed by atoms with E-state index in [4.69, 9.17) is 9.84 Å². The highest BCUT2D eigenvalue weighted by Crippen LogP contribution is 2.20. The van der Waals surface area contributed by atoms with E-state index in [1.165, 1.54) is 17.2 Å². The third-order valence-corrected chi connectivity index (χ3v) is 3.54. The number of amides is 1. The van der Waals surface area contributed by atoms with Crippen LogP contribution in [0.1, 0.15) is 49.2 Å². The molecule has 1 atom stereocenters. The first-order valence-electron chi connectivity index (χ1n) is 6.76. The zero-order valence-corrected chi connectivity index (χ0v) is 13.9. The predicted molar refractivity (Wildman–Crippen MR) is 81.8 cm³/mol. The molecule has 0 aliphatic heterocycles. The molecule has 10 heteroatoms. The Hall–Kier alpha value is -2.49. The van der Waals surface area contributed by atoms with Crippen LogP contribution in [0.2, 0.25) is 0 Å². The number of aromatic nitrogens is 4. The van der Waals surface area contributed by atoms with E-state index in [2.05, 4.69) is 20.4 Å². The maximum atomic E-state index is 11.8. The quantitative estimate of drug-likeness (QED) is 0.874. The van der Waals surface area contributed by atoms with E-state index >= 15 is 0 Å². The highest BCUT2D eigenvalue weighted by molar-refractivity contribution is 7.15. The van der Waals surface area contributed by atoms with Gasteiger partial charge in [0.15, 0.2) is 5.82 Å². The first-order valence-corrected chi connectivity index (χ1v) is 7.58. The molecular formula is C13H17N5O4S. The molecule has 23 heavy (non-hydrogen) atoms. The number of ether oxygens (including phenoxy) is 1. The molecule has 2 aromatic rings. The van der Waals surface area contributed by atoms with Crippen LogP contribution in [0.25, 0.3) is 5.13 Å². The molecule has 0 radical (unpaired) electrons. The summed E-state index contributed by atoms with van der Waals surface area (Å²) in [7, 11) is 0. The molecule has 0 aliphatic rings. The number of carboxylic acid groups (broad SMARTS) is 1. The molecule has 0 saturated heterocycles. The molecule has 0 fully saturated rings. The number of aromatic carboxylic acids is 1. The molecule has 0 bridgehead atoms. The molecule has 0 unspecified atom stereocenters. The SMILES string of the molecule is C[C@H](NC(=O)OC(C)(C)C)c1ncnn1-c1ncc(C(=O)O)s1. The second-order valence-corrected chi connectivity index (χ2v) is 6.72. The minimum atomic E-state index is -1.06.